The molecule has 20 heavy (non-hydrogen) atoms. The molecule has 0 aliphatic carbocycles. The molecule has 1 aliphatic heterocycles. The molecule has 2 aromatic rings. The number of nitrogens with one attached hydrogen (secondary N) is 1. The van der Waals surface area contributed by atoms with Crippen LogP contribution < -0.4 is 5.32 Å². The minimum absolute atomic E-state index is 0.0582. The van der Waals surface area contributed by atoms with Gasteiger partial charge in [-0.05, 0) is 39.7 Å². The second-order valence-corrected chi connectivity index (χ2v) is 5.64. The molecule has 0 bridgehead atoms. The van der Waals surface area contributed by atoms with Gasteiger partial charge in [-0.15, -0.1) is 0 Å². The maximum atomic E-state index is 13.8. The number of furan rings is 1. The molecule has 1 aromatic carbocycles. The Morgan fingerprint density at radius 1 is 1.20 bits per heavy atom. The summed E-state index contributed by atoms with van der Waals surface area (Å²) in [5.74, 6) is 0.604. The van der Waals surface area contributed by atoms with Crippen LogP contribution >= 0.6 is 15.9 Å². The van der Waals surface area contributed by atoms with Crippen LogP contribution in [-0.4, -0.2) is 31.1 Å². The number of rotatable bonds is 3. The first-order chi connectivity index (χ1) is 9.77. The number of halogens is 2. The summed E-state index contributed by atoms with van der Waals surface area (Å²) in [4.78, 5) is 2.31. The van der Waals surface area contributed by atoms with Crippen LogP contribution in [0.4, 0.5) is 4.39 Å². The lowest BCUT2D eigenvalue weighted by Crippen LogP contribution is -2.45. The molecule has 1 aliphatic rings. The van der Waals surface area contributed by atoms with E-state index in [1.165, 1.54) is 6.07 Å². The third kappa shape index (κ3) is 2.66. The summed E-state index contributed by atoms with van der Waals surface area (Å²) in [5.41, 5.74) is 0.904. The van der Waals surface area contributed by atoms with Crippen LogP contribution in [0.15, 0.2) is 45.5 Å². The zero-order valence-electron chi connectivity index (χ0n) is 11.0. The normalized spacial score (nSPS) is 18.1. The molecule has 3 nitrogen and oxygen atoms in total. The molecular formula is C15H16BrFN2O. The lowest BCUT2D eigenvalue weighted by atomic mass is 10.0. The van der Waals surface area contributed by atoms with Crippen molar-refractivity contribution in [1.82, 2.24) is 10.2 Å². The minimum Gasteiger partial charge on any atom is -0.467 e. The summed E-state index contributed by atoms with van der Waals surface area (Å²) >= 11 is 3.37. The number of hydrogen-bond acceptors (Lipinski definition) is 3. The zero-order valence-corrected chi connectivity index (χ0v) is 12.6. The van der Waals surface area contributed by atoms with Crippen molar-refractivity contribution in [3.63, 3.8) is 0 Å². The Kier molecular flexibility index (Phi) is 4.19. The van der Waals surface area contributed by atoms with Crippen LogP contribution in [0.25, 0.3) is 0 Å². The maximum absolute atomic E-state index is 13.8. The second kappa shape index (κ2) is 6.08. The molecule has 1 atom stereocenters. The Balaban J connectivity index is 2.03. The summed E-state index contributed by atoms with van der Waals surface area (Å²) in [6, 6.07) is 8.92. The van der Waals surface area contributed by atoms with E-state index < -0.39 is 0 Å². The van der Waals surface area contributed by atoms with Gasteiger partial charge in [-0.25, -0.2) is 4.39 Å². The Morgan fingerprint density at radius 3 is 2.70 bits per heavy atom. The van der Waals surface area contributed by atoms with E-state index in [1.807, 2.05) is 18.2 Å². The van der Waals surface area contributed by atoms with Gasteiger partial charge in [-0.1, -0.05) is 12.1 Å². The molecule has 1 fully saturated rings. The van der Waals surface area contributed by atoms with Gasteiger partial charge in [0.05, 0.1) is 16.8 Å². The molecule has 3 rings (SSSR count). The van der Waals surface area contributed by atoms with Crippen LogP contribution in [0.5, 0.6) is 0 Å². The Bertz CT molecular complexity index is 567. The predicted octanol–water partition coefficient (Wildman–Crippen LogP) is 3.18. The summed E-state index contributed by atoms with van der Waals surface area (Å²) in [5, 5.41) is 3.33. The molecule has 106 valence electrons. The number of hydrogen-bond donors (Lipinski definition) is 1. The summed E-state index contributed by atoms with van der Waals surface area (Å²) in [6.45, 7) is 3.69. The van der Waals surface area contributed by atoms with Gasteiger partial charge in [0.1, 0.15) is 11.6 Å². The Labute approximate surface area is 125 Å². The van der Waals surface area contributed by atoms with Gasteiger partial charge < -0.3 is 9.73 Å². The zero-order chi connectivity index (χ0) is 13.9. The second-order valence-electron chi connectivity index (χ2n) is 4.85. The minimum atomic E-state index is -0.241. The smallest absolute Gasteiger partial charge is 0.137 e. The van der Waals surface area contributed by atoms with Crippen molar-refractivity contribution in [2.45, 2.75) is 6.04 Å². The van der Waals surface area contributed by atoms with Crippen molar-refractivity contribution in [2.75, 3.05) is 26.2 Å². The van der Waals surface area contributed by atoms with Crippen LogP contribution in [0.2, 0.25) is 0 Å². The van der Waals surface area contributed by atoms with Gasteiger partial charge in [0.2, 0.25) is 0 Å². The lowest BCUT2D eigenvalue weighted by molar-refractivity contribution is 0.179. The first-order valence-corrected chi connectivity index (χ1v) is 7.49. The molecule has 5 heteroatoms. The fraction of sp³-hybridized carbons (Fsp3) is 0.333. The van der Waals surface area contributed by atoms with Crippen molar-refractivity contribution in [2.24, 2.45) is 0 Å². The molecule has 0 saturated carbocycles. The van der Waals surface area contributed by atoms with Gasteiger partial charge in [-0.2, -0.15) is 0 Å². The van der Waals surface area contributed by atoms with E-state index >= 15 is 0 Å². The Hall–Kier alpha value is -1.17. The fourth-order valence-electron chi connectivity index (χ4n) is 2.65. The van der Waals surface area contributed by atoms with E-state index in [-0.39, 0.29) is 11.9 Å². The third-order valence-electron chi connectivity index (χ3n) is 3.61. The van der Waals surface area contributed by atoms with Gasteiger partial charge in [0.15, 0.2) is 0 Å². The highest BCUT2D eigenvalue weighted by molar-refractivity contribution is 9.10. The van der Waals surface area contributed by atoms with Crippen LogP contribution in [0.3, 0.4) is 0 Å². The first kappa shape index (κ1) is 13.8. The Morgan fingerprint density at radius 2 is 2.00 bits per heavy atom. The van der Waals surface area contributed by atoms with Gasteiger partial charge in [0, 0.05) is 26.2 Å². The van der Waals surface area contributed by atoms with E-state index in [0.717, 1.165) is 37.5 Å². The number of piperazine rings is 1. The average Bonchev–Trinajstić information content (AvgIpc) is 2.99. The van der Waals surface area contributed by atoms with E-state index in [1.54, 1.807) is 12.3 Å². The van der Waals surface area contributed by atoms with Crippen molar-refractivity contribution >= 4 is 15.9 Å². The summed E-state index contributed by atoms with van der Waals surface area (Å²) in [7, 11) is 0. The molecule has 2 heterocycles. The third-order valence-corrected chi connectivity index (χ3v) is 4.44. The van der Waals surface area contributed by atoms with Gasteiger partial charge >= 0.3 is 0 Å². The van der Waals surface area contributed by atoms with E-state index in [2.05, 4.69) is 26.1 Å². The molecule has 1 saturated heterocycles. The standard InChI is InChI=1S/C15H16BrFN2O/c16-14-11(3-1-4-12(14)17)15(13-5-2-10-20-13)19-8-6-18-7-9-19/h1-5,10,15,18H,6-9H2/t15-/m1/s1. The maximum Gasteiger partial charge on any atom is 0.137 e. The SMILES string of the molecule is Fc1cccc([C@H](c2ccco2)N2CCNCC2)c1Br. The highest BCUT2D eigenvalue weighted by atomic mass is 79.9. The lowest BCUT2D eigenvalue weighted by Gasteiger charge is -2.34. The number of benzene rings is 1. The van der Waals surface area contributed by atoms with Crippen molar-refractivity contribution in [1.29, 1.82) is 0 Å². The van der Waals surface area contributed by atoms with Crippen LogP contribution in [0, 0.1) is 5.82 Å². The van der Waals surface area contributed by atoms with Crippen LogP contribution in [0.1, 0.15) is 17.4 Å². The van der Waals surface area contributed by atoms with Crippen LogP contribution in [-0.2, 0) is 0 Å². The van der Waals surface area contributed by atoms with Crippen molar-refractivity contribution < 1.29 is 8.81 Å². The molecular weight excluding hydrogens is 323 g/mol. The monoisotopic (exact) mass is 338 g/mol. The topological polar surface area (TPSA) is 28.4 Å². The van der Waals surface area contributed by atoms with Gasteiger partial charge in [0.25, 0.3) is 0 Å². The highest BCUT2D eigenvalue weighted by Gasteiger charge is 2.28. The highest BCUT2D eigenvalue weighted by Crippen LogP contribution is 2.35. The van der Waals surface area contributed by atoms with E-state index in [4.69, 9.17) is 4.42 Å². The fourth-order valence-corrected chi connectivity index (χ4v) is 3.13. The number of nitrogens with zero attached hydrogens (tertiary/aromatic N) is 1. The van der Waals surface area contributed by atoms with Crippen molar-refractivity contribution in [3.8, 4) is 0 Å². The summed E-state index contributed by atoms with van der Waals surface area (Å²) in [6.07, 6.45) is 1.66. The van der Waals surface area contributed by atoms with E-state index in [0.29, 0.717) is 4.47 Å². The molecule has 0 spiro atoms. The van der Waals surface area contributed by atoms with Gasteiger partial charge in [-0.3, -0.25) is 4.90 Å². The molecule has 1 N–H and O–H groups in total. The molecule has 0 amide bonds. The first-order valence-electron chi connectivity index (χ1n) is 6.69. The summed E-state index contributed by atoms with van der Waals surface area (Å²) < 4.78 is 19.9. The van der Waals surface area contributed by atoms with E-state index in [9.17, 15) is 4.39 Å². The largest absolute Gasteiger partial charge is 0.467 e. The quantitative estimate of drug-likeness (QED) is 0.931. The molecule has 1 aromatic heterocycles. The average molecular weight is 339 g/mol. The molecule has 0 unspecified atom stereocenters. The molecule has 0 radical (unpaired) electrons. The van der Waals surface area contributed by atoms with Crippen molar-refractivity contribution in [3.05, 3.63) is 58.2 Å². The predicted molar refractivity (Wildman–Crippen MR) is 79.1 cm³/mol.